The summed E-state index contributed by atoms with van der Waals surface area (Å²) in [4.78, 5) is 0. The summed E-state index contributed by atoms with van der Waals surface area (Å²) in [6, 6.07) is 5.23. The highest BCUT2D eigenvalue weighted by Crippen LogP contribution is 2.29. The molecule has 0 amide bonds. The molecule has 0 fully saturated rings. The molecule has 0 spiro atoms. The number of aliphatic hydroxyl groups is 1. The molecule has 0 aliphatic rings. The SMILES string of the molecule is CCCCCCCCC(O)Cc1cccc(C(F)(F)F)c1. The van der Waals surface area contributed by atoms with Gasteiger partial charge in [0.2, 0.25) is 0 Å². The number of halogens is 3. The fourth-order valence-corrected chi connectivity index (χ4v) is 2.41. The molecule has 4 heteroatoms. The van der Waals surface area contributed by atoms with E-state index in [0.29, 0.717) is 18.4 Å². The molecule has 1 aromatic carbocycles. The Hall–Kier alpha value is -1.03. The lowest BCUT2D eigenvalue weighted by Gasteiger charge is -2.12. The quantitative estimate of drug-likeness (QED) is 0.609. The fraction of sp³-hybridized carbons (Fsp3) is 0.647. The zero-order chi connectivity index (χ0) is 15.7. The number of benzene rings is 1. The number of unbranched alkanes of at least 4 members (excludes halogenated alkanes) is 5. The Labute approximate surface area is 125 Å². The minimum Gasteiger partial charge on any atom is -0.393 e. The molecular weight excluding hydrogens is 277 g/mol. The minimum absolute atomic E-state index is 0.291. The van der Waals surface area contributed by atoms with Gasteiger partial charge in [0.05, 0.1) is 11.7 Å². The van der Waals surface area contributed by atoms with E-state index in [1.54, 1.807) is 6.07 Å². The zero-order valence-corrected chi connectivity index (χ0v) is 12.6. The van der Waals surface area contributed by atoms with Crippen LogP contribution in [0.4, 0.5) is 13.2 Å². The molecule has 0 radical (unpaired) electrons. The average molecular weight is 302 g/mol. The summed E-state index contributed by atoms with van der Waals surface area (Å²) in [5.41, 5.74) is -0.102. The topological polar surface area (TPSA) is 20.2 Å². The van der Waals surface area contributed by atoms with Crippen molar-refractivity contribution in [1.82, 2.24) is 0 Å². The van der Waals surface area contributed by atoms with Crippen molar-refractivity contribution >= 4 is 0 Å². The van der Waals surface area contributed by atoms with E-state index >= 15 is 0 Å². The van der Waals surface area contributed by atoms with E-state index in [4.69, 9.17) is 0 Å². The van der Waals surface area contributed by atoms with Crippen LogP contribution in [-0.4, -0.2) is 11.2 Å². The molecule has 0 aliphatic heterocycles. The van der Waals surface area contributed by atoms with E-state index in [9.17, 15) is 18.3 Å². The van der Waals surface area contributed by atoms with Crippen molar-refractivity contribution in [2.24, 2.45) is 0 Å². The highest BCUT2D eigenvalue weighted by Gasteiger charge is 2.30. The predicted molar refractivity (Wildman–Crippen MR) is 79.1 cm³/mol. The van der Waals surface area contributed by atoms with Gasteiger partial charge >= 0.3 is 6.18 Å². The molecule has 1 N–H and O–H groups in total. The van der Waals surface area contributed by atoms with Crippen molar-refractivity contribution < 1.29 is 18.3 Å². The van der Waals surface area contributed by atoms with E-state index in [2.05, 4.69) is 6.92 Å². The maximum Gasteiger partial charge on any atom is 0.416 e. The first-order valence-electron chi connectivity index (χ1n) is 7.77. The summed E-state index contributed by atoms with van der Waals surface area (Å²) in [7, 11) is 0. The van der Waals surface area contributed by atoms with Crippen LogP contribution in [0.1, 0.15) is 63.0 Å². The molecule has 1 nitrogen and oxygen atoms in total. The standard InChI is InChI=1S/C17H25F3O/c1-2-3-4-5-6-7-11-16(21)13-14-9-8-10-15(12-14)17(18,19)20/h8-10,12,16,21H,2-7,11,13H2,1H3. The second-order valence-electron chi connectivity index (χ2n) is 5.61. The first-order chi connectivity index (χ1) is 9.93. The number of hydrogen-bond donors (Lipinski definition) is 1. The lowest BCUT2D eigenvalue weighted by molar-refractivity contribution is -0.137. The van der Waals surface area contributed by atoms with Gasteiger partial charge in [-0.25, -0.2) is 0 Å². The lowest BCUT2D eigenvalue weighted by Crippen LogP contribution is -2.12. The van der Waals surface area contributed by atoms with Crippen LogP contribution < -0.4 is 0 Å². The molecule has 1 unspecified atom stereocenters. The third kappa shape index (κ3) is 7.51. The Morgan fingerprint density at radius 3 is 2.38 bits per heavy atom. The zero-order valence-electron chi connectivity index (χ0n) is 12.6. The van der Waals surface area contributed by atoms with Crippen LogP contribution in [-0.2, 0) is 12.6 Å². The van der Waals surface area contributed by atoms with E-state index in [1.807, 2.05) is 0 Å². The number of aliphatic hydroxyl groups excluding tert-OH is 1. The smallest absolute Gasteiger partial charge is 0.393 e. The Balaban J connectivity index is 2.33. The molecular formula is C17H25F3O. The van der Waals surface area contributed by atoms with Crippen LogP contribution in [0.5, 0.6) is 0 Å². The molecule has 0 saturated heterocycles. The van der Waals surface area contributed by atoms with Gasteiger partial charge in [-0.2, -0.15) is 13.2 Å². The molecule has 0 aliphatic carbocycles. The first kappa shape index (κ1) is 18.0. The third-order valence-corrected chi connectivity index (χ3v) is 3.62. The second-order valence-corrected chi connectivity index (χ2v) is 5.61. The van der Waals surface area contributed by atoms with E-state index in [1.165, 1.54) is 31.7 Å². The summed E-state index contributed by atoms with van der Waals surface area (Å²) in [6.07, 6.45) is 2.93. The van der Waals surface area contributed by atoms with Gasteiger partial charge in [-0.05, 0) is 24.5 Å². The fourth-order valence-electron chi connectivity index (χ4n) is 2.41. The largest absolute Gasteiger partial charge is 0.416 e. The van der Waals surface area contributed by atoms with Crippen molar-refractivity contribution in [1.29, 1.82) is 0 Å². The van der Waals surface area contributed by atoms with Crippen LogP contribution in [0, 0.1) is 0 Å². The van der Waals surface area contributed by atoms with Gasteiger partial charge in [-0.15, -0.1) is 0 Å². The molecule has 0 bridgehead atoms. The maximum absolute atomic E-state index is 12.6. The van der Waals surface area contributed by atoms with Crippen molar-refractivity contribution in [3.8, 4) is 0 Å². The van der Waals surface area contributed by atoms with Crippen molar-refractivity contribution in [2.75, 3.05) is 0 Å². The summed E-state index contributed by atoms with van der Waals surface area (Å²) in [6.45, 7) is 2.17. The number of alkyl halides is 3. The molecule has 1 aromatic rings. The van der Waals surface area contributed by atoms with Gasteiger partial charge in [0.15, 0.2) is 0 Å². The molecule has 21 heavy (non-hydrogen) atoms. The highest BCUT2D eigenvalue weighted by atomic mass is 19.4. The first-order valence-corrected chi connectivity index (χ1v) is 7.77. The number of rotatable bonds is 9. The Kier molecular flexibility index (Phi) is 7.79. The van der Waals surface area contributed by atoms with E-state index in [-0.39, 0.29) is 0 Å². The van der Waals surface area contributed by atoms with E-state index in [0.717, 1.165) is 25.0 Å². The monoisotopic (exact) mass is 302 g/mol. The van der Waals surface area contributed by atoms with Gasteiger partial charge in [0, 0.05) is 0 Å². The van der Waals surface area contributed by atoms with Crippen LogP contribution in [0.25, 0.3) is 0 Å². The Bertz CT molecular complexity index is 401. The normalized spacial score (nSPS) is 13.4. The molecule has 1 rings (SSSR count). The Morgan fingerprint density at radius 2 is 1.71 bits per heavy atom. The summed E-state index contributed by atoms with van der Waals surface area (Å²) in [5.74, 6) is 0. The van der Waals surface area contributed by atoms with Crippen LogP contribution in [0.3, 0.4) is 0 Å². The third-order valence-electron chi connectivity index (χ3n) is 3.62. The molecule has 0 heterocycles. The van der Waals surface area contributed by atoms with Gasteiger partial charge in [-0.3, -0.25) is 0 Å². The highest BCUT2D eigenvalue weighted by molar-refractivity contribution is 5.26. The van der Waals surface area contributed by atoms with Gasteiger partial charge in [0.1, 0.15) is 0 Å². The van der Waals surface area contributed by atoms with Crippen LogP contribution in [0.2, 0.25) is 0 Å². The summed E-state index contributed by atoms with van der Waals surface area (Å²) in [5, 5.41) is 9.92. The summed E-state index contributed by atoms with van der Waals surface area (Å²) < 4.78 is 37.8. The molecule has 0 saturated carbocycles. The molecule has 0 aromatic heterocycles. The van der Waals surface area contributed by atoms with E-state index < -0.39 is 17.8 Å². The van der Waals surface area contributed by atoms with Crippen LogP contribution in [0.15, 0.2) is 24.3 Å². The lowest BCUT2D eigenvalue weighted by atomic mass is 10.0. The van der Waals surface area contributed by atoms with Crippen LogP contribution >= 0.6 is 0 Å². The van der Waals surface area contributed by atoms with Crippen molar-refractivity contribution in [2.45, 2.75) is 70.6 Å². The van der Waals surface area contributed by atoms with Gasteiger partial charge in [0.25, 0.3) is 0 Å². The predicted octanol–water partition coefficient (Wildman–Crippen LogP) is 5.36. The minimum atomic E-state index is -4.32. The van der Waals surface area contributed by atoms with Crippen molar-refractivity contribution in [3.05, 3.63) is 35.4 Å². The van der Waals surface area contributed by atoms with Crippen molar-refractivity contribution in [3.63, 3.8) is 0 Å². The molecule has 120 valence electrons. The maximum atomic E-state index is 12.6. The second kappa shape index (κ2) is 9.08. The number of hydrogen-bond acceptors (Lipinski definition) is 1. The Morgan fingerprint density at radius 1 is 1.05 bits per heavy atom. The van der Waals surface area contributed by atoms with Gasteiger partial charge in [-0.1, -0.05) is 63.6 Å². The van der Waals surface area contributed by atoms with Gasteiger partial charge < -0.3 is 5.11 Å². The molecule has 1 atom stereocenters. The average Bonchev–Trinajstić information content (AvgIpc) is 2.42. The summed E-state index contributed by atoms with van der Waals surface area (Å²) >= 11 is 0.